The van der Waals surface area contributed by atoms with Crippen LogP contribution >= 0.6 is 40.3 Å². The average Bonchev–Trinajstić information content (AvgIpc) is 4.25. The first kappa shape index (κ1) is 60.9. The molecule has 0 saturated carbocycles. The molecule has 8 rings (SSSR count). The van der Waals surface area contributed by atoms with E-state index in [2.05, 4.69) is 128 Å². The average molecular weight is 1190 g/mol. The van der Waals surface area contributed by atoms with E-state index in [4.69, 9.17) is 33.8 Å². The summed E-state index contributed by atoms with van der Waals surface area (Å²) in [6.07, 6.45) is 10.7. The van der Waals surface area contributed by atoms with Crippen molar-refractivity contribution in [3.8, 4) is 34.0 Å². The Kier molecular flexibility index (Phi) is 23.4. The van der Waals surface area contributed by atoms with Gasteiger partial charge in [0.15, 0.2) is 0 Å². The lowest BCUT2D eigenvalue weighted by molar-refractivity contribution is -0.140. The van der Waals surface area contributed by atoms with E-state index in [1.54, 1.807) is 36.0 Å². The number of aryl methyl sites for hydroxylation is 2. The van der Waals surface area contributed by atoms with Crippen molar-refractivity contribution < 1.29 is 38.0 Å². The third kappa shape index (κ3) is 18.7. The number of aromatic nitrogens is 8. The summed E-state index contributed by atoms with van der Waals surface area (Å²) in [5, 5.41) is 17.0. The second kappa shape index (κ2) is 29.6. The molecular formula is C54H75BrN10O8S2Si2. The topological polar surface area (TPSA) is 201 Å². The zero-order chi connectivity index (χ0) is 55.5. The first-order valence-electron chi connectivity index (χ1n) is 25.8. The molecule has 6 aromatic rings. The molecule has 18 nitrogen and oxygen atoms in total. The molecule has 0 aliphatic heterocycles. The maximum Gasteiger partial charge on any atom is 0.306 e. The van der Waals surface area contributed by atoms with Crippen LogP contribution in [0.3, 0.4) is 0 Å². The Bertz CT molecular complexity index is 2900. The van der Waals surface area contributed by atoms with Crippen molar-refractivity contribution in [1.29, 1.82) is 0 Å². The molecule has 2 aliphatic carbocycles. The number of nitrogens with zero attached hydrogens (tertiary/aromatic N) is 8. The van der Waals surface area contributed by atoms with Crippen LogP contribution in [0.4, 0.5) is 23.3 Å². The van der Waals surface area contributed by atoms with Gasteiger partial charge in [-0.2, -0.15) is 22.6 Å². The maximum atomic E-state index is 11.6. The zero-order valence-electron chi connectivity index (χ0n) is 46.2. The van der Waals surface area contributed by atoms with E-state index in [0.717, 1.165) is 90.8 Å². The van der Waals surface area contributed by atoms with Crippen LogP contribution in [0.15, 0.2) is 70.8 Å². The predicted octanol–water partition coefficient (Wildman–Crippen LogP) is 11.7. The molecule has 0 atom stereocenters. The highest BCUT2D eigenvalue weighted by atomic mass is 79.9. The Balaban J connectivity index is 0.000000224. The van der Waals surface area contributed by atoms with Gasteiger partial charge in [-0.15, -0.1) is 10.2 Å². The van der Waals surface area contributed by atoms with Crippen molar-refractivity contribution in [2.24, 2.45) is 0 Å². The molecule has 0 unspecified atom stereocenters. The Morgan fingerprint density at radius 1 is 0.662 bits per heavy atom. The second-order valence-electron chi connectivity index (χ2n) is 20.7. The number of hydrogen-bond acceptors (Lipinski definition) is 18. The number of carbonyl (C=O) groups is 2. The van der Waals surface area contributed by atoms with E-state index in [9.17, 15) is 9.59 Å². The number of halogens is 1. The van der Waals surface area contributed by atoms with Crippen LogP contribution in [0, 0.1) is 0 Å². The number of rotatable bonds is 24. The first-order valence-corrected chi connectivity index (χ1v) is 35.7. The van der Waals surface area contributed by atoms with Crippen LogP contribution in [0.2, 0.25) is 51.4 Å². The van der Waals surface area contributed by atoms with E-state index < -0.39 is 16.1 Å². The molecule has 0 spiro atoms. The Labute approximate surface area is 473 Å². The summed E-state index contributed by atoms with van der Waals surface area (Å²) in [7, 11) is 3.67. The SMILES string of the molecule is COC(=O)CCS.COC(=O)CCSc1nc(Nc2c(-c3ccnc(OC)c3)ccc3c2CCC3)n(COCC[Si](C)(C)C)n1.COc1cc(-c2ccc3c(c2Nc2nc(Br)nn2COCC[Si](C)(C)C)CCC3)ccn1. The lowest BCUT2D eigenvalue weighted by atomic mass is 9.98. The Morgan fingerprint density at radius 2 is 1.14 bits per heavy atom. The number of benzene rings is 2. The van der Waals surface area contributed by atoms with Gasteiger partial charge >= 0.3 is 11.9 Å². The highest BCUT2D eigenvalue weighted by Gasteiger charge is 2.24. The van der Waals surface area contributed by atoms with Crippen molar-refractivity contribution in [3.05, 3.63) is 87.9 Å². The smallest absolute Gasteiger partial charge is 0.306 e. The fraction of sp³-hybridized carbons (Fsp3) is 0.481. The summed E-state index contributed by atoms with van der Waals surface area (Å²) in [4.78, 5) is 39.6. The molecule has 0 amide bonds. The summed E-state index contributed by atoms with van der Waals surface area (Å²) in [5.74, 6) is 3.08. The van der Waals surface area contributed by atoms with Crippen molar-refractivity contribution in [1.82, 2.24) is 39.5 Å². The number of methoxy groups -OCH3 is 4. The van der Waals surface area contributed by atoms with E-state index in [-0.39, 0.29) is 11.9 Å². The van der Waals surface area contributed by atoms with Crippen LogP contribution in [-0.4, -0.2) is 121 Å². The standard InChI is InChI=1S/C27H37N5O4SSi.C23H30BrN5O2Si.C4H8O2S/c1-34-23-17-20(11-13-28-23)22-10-9-19-7-6-8-21(19)25(22)29-26-30-27(37-15-12-24(33)35-2)31-32(26)18-36-14-16-38(3,4)5;1-30-20-14-17(10-11-25-20)19-9-8-16-6-5-7-18(16)21(19)26-23-27-22(24)28-29(23)15-31-12-13-32(2,3)4;1-6-4(5)2-3-7/h9-11,13,17H,6-8,12,14-16,18H2,1-5H3,(H,29,30,31);8-11,14H,5-7,12-13,15H2,1-4H3,(H,26,27,28);7H,2-3H2,1H3. The monoisotopic (exact) mass is 1190 g/mol. The lowest BCUT2D eigenvalue weighted by Crippen LogP contribution is -2.22. The summed E-state index contributed by atoms with van der Waals surface area (Å²) in [6, 6.07) is 18.9. The number of nitrogens with one attached hydrogen (secondary N) is 2. The Morgan fingerprint density at radius 3 is 1.60 bits per heavy atom. The molecule has 77 heavy (non-hydrogen) atoms. The van der Waals surface area contributed by atoms with Crippen molar-refractivity contribution >= 4 is 91.7 Å². The highest BCUT2D eigenvalue weighted by molar-refractivity contribution is 9.10. The minimum absolute atomic E-state index is 0.199. The minimum Gasteiger partial charge on any atom is -0.481 e. The third-order valence-corrected chi connectivity index (χ3v) is 17.4. The highest BCUT2D eigenvalue weighted by Crippen LogP contribution is 2.41. The van der Waals surface area contributed by atoms with Crippen LogP contribution in [0.5, 0.6) is 11.8 Å². The van der Waals surface area contributed by atoms with E-state index in [1.165, 1.54) is 48.2 Å². The molecule has 2 N–H and O–H groups in total. The van der Waals surface area contributed by atoms with E-state index in [0.29, 0.717) is 78.0 Å². The molecule has 0 fully saturated rings. The Hall–Kier alpha value is -5.31. The number of thiol groups is 1. The van der Waals surface area contributed by atoms with Gasteiger partial charge in [0.25, 0.3) is 0 Å². The molecule has 0 bridgehead atoms. The normalized spacial score (nSPS) is 12.6. The molecule has 0 radical (unpaired) electrons. The largest absolute Gasteiger partial charge is 0.481 e. The minimum atomic E-state index is -1.21. The number of ether oxygens (including phenoxy) is 6. The van der Waals surface area contributed by atoms with Crippen LogP contribution in [-0.2, 0) is 67.7 Å². The van der Waals surface area contributed by atoms with Crippen molar-refractivity contribution in [2.45, 2.75) is 121 Å². The number of carbonyl (C=O) groups excluding carboxylic acids is 2. The van der Waals surface area contributed by atoms with E-state index >= 15 is 0 Å². The van der Waals surface area contributed by atoms with Gasteiger partial charge in [0, 0.05) is 76.5 Å². The molecule has 0 saturated heterocycles. The fourth-order valence-electron chi connectivity index (χ4n) is 8.34. The molecule has 416 valence electrons. The molecule has 4 heterocycles. The number of anilines is 4. The first-order chi connectivity index (χ1) is 36.9. The summed E-state index contributed by atoms with van der Waals surface area (Å²) >= 11 is 8.67. The quantitative estimate of drug-likeness (QED) is 0.0170. The summed E-state index contributed by atoms with van der Waals surface area (Å²) < 4.78 is 35.9. The van der Waals surface area contributed by atoms with Gasteiger partial charge in [-0.05, 0) is 112 Å². The molecule has 2 aliphatic rings. The van der Waals surface area contributed by atoms with Crippen LogP contribution in [0.1, 0.15) is 47.9 Å². The zero-order valence-corrected chi connectivity index (χ0v) is 51.5. The number of pyridine rings is 2. The molecular weight excluding hydrogens is 1120 g/mol. The fourth-order valence-corrected chi connectivity index (χ4v) is 11.2. The predicted molar refractivity (Wildman–Crippen MR) is 317 cm³/mol. The number of hydrogen-bond donors (Lipinski definition) is 3. The lowest BCUT2D eigenvalue weighted by Gasteiger charge is -2.18. The van der Waals surface area contributed by atoms with Gasteiger partial charge < -0.3 is 39.1 Å². The van der Waals surface area contributed by atoms with Gasteiger partial charge in [0.1, 0.15) is 13.5 Å². The number of fused-ring (bicyclic) bond motifs is 2. The van der Waals surface area contributed by atoms with Gasteiger partial charge in [0.05, 0.1) is 52.7 Å². The van der Waals surface area contributed by atoms with Crippen LogP contribution in [0.25, 0.3) is 22.3 Å². The molecule has 23 heteroatoms. The number of esters is 2. The van der Waals surface area contributed by atoms with Gasteiger partial charge in [-0.1, -0.05) is 75.3 Å². The van der Waals surface area contributed by atoms with E-state index in [1.807, 2.05) is 24.3 Å². The third-order valence-electron chi connectivity index (χ3n) is 12.6. The molecule has 4 aromatic heterocycles. The van der Waals surface area contributed by atoms with Gasteiger partial charge in [-0.25, -0.2) is 19.3 Å². The van der Waals surface area contributed by atoms with Gasteiger partial charge in [0.2, 0.25) is 33.5 Å². The van der Waals surface area contributed by atoms with Crippen molar-refractivity contribution in [3.63, 3.8) is 0 Å². The maximum absolute atomic E-state index is 11.6. The number of thioether (sulfide) groups is 1. The summed E-state index contributed by atoms with van der Waals surface area (Å²) in [5.41, 5.74) is 11.7. The van der Waals surface area contributed by atoms with Crippen molar-refractivity contribution in [2.75, 3.05) is 63.8 Å². The molecule has 2 aromatic carbocycles. The second-order valence-corrected chi connectivity index (χ2v) is 34.2. The summed E-state index contributed by atoms with van der Waals surface area (Å²) in [6.45, 7) is 16.1. The van der Waals surface area contributed by atoms with Gasteiger partial charge in [-0.3, -0.25) is 9.59 Å². The van der Waals surface area contributed by atoms with Crippen LogP contribution < -0.4 is 20.1 Å².